The fourth-order valence-electron chi connectivity index (χ4n) is 4.01. The molecular weight excluding hydrogens is 366 g/mol. The second-order valence-electron chi connectivity index (χ2n) is 7.91. The van der Waals surface area contributed by atoms with Crippen LogP contribution in [0.3, 0.4) is 0 Å². The Kier molecular flexibility index (Phi) is 4.50. The number of nitrogens with zero attached hydrogens (tertiary/aromatic N) is 4. The monoisotopic (exact) mass is 389 g/mol. The number of likely N-dealkylation sites (tertiary alicyclic amines) is 1. The summed E-state index contributed by atoms with van der Waals surface area (Å²) in [5.74, 6) is 0.0703. The Morgan fingerprint density at radius 3 is 2.38 bits per heavy atom. The number of carbonyl (C=O) groups is 2. The standard InChI is InChI=1S/C22H23N5O2/c28-21(15-5-6-15)25-20-12-17-4-2-1-3-16(17)11-19(20)22(29)26-9-7-18(8-10-26)27-14-23-13-24-27/h1-4,11-15,18H,5-10H2,(H,25,28). The number of hydrogen-bond donors (Lipinski definition) is 1. The molecule has 2 amide bonds. The molecule has 1 saturated carbocycles. The number of nitrogens with one attached hydrogen (secondary N) is 1. The van der Waals surface area contributed by atoms with Crippen LogP contribution < -0.4 is 5.32 Å². The highest BCUT2D eigenvalue weighted by molar-refractivity contribution is 6.08. The predicted octanol–water partition coefficient (Wildman–Crippen LogP) is 3.26. The zero-order chi connectivity index (χ0) is 19.8. The van der Waals surface area contributed by atoms with Crippen LogP contribution in [0.25, 0.3) is 10.8 Å². The molecule has 1 aromatic heterocycles. The van der Waals surface area contributed by atoms with Crippen molar-refractivity contribution in [2.24, 2.45) is 5.92 Å². The molecule has 5 rings (SSSR count). The number of anilines is 1. The number of rotatable bonds is 4. The van der Waals surface area contributed by atoms with E-state index in [0.717, 1.165) is 36.5 Å². The minimum absolute atomic E-state index is 0.0132. The number of carbonyl (C=O) groups excluding carboxylic acids is 2. The fourth-order valence-corrected chi connectivity index (χ4v) is 4.01. The Labute approximate surface area is 168 Å². The van der Waals surface area contributed by atoms with Crippen LogP contribution in [0.1, 0.15) is 42.1 Å². The molecule has 0 spiro atoms. The molecular formula is C22H23N5O2. The van der Waals surface area contributed by atoms with Gasteiger partial charge in [0.15, 0.2) is 0 Å². The summed E-state index contributed by atoms with van der Waals surface area (Å²) in [4.78, 5) is 31.6. The number of hydrogen-bond acceptors (Lipinski definition) is 4. The van der Waals surface area contributed by atoms with E-state index < -0.39 is 0 Å². The van der Waals surface area contributed by atoms with Crippen molar-refractivity contribution in [2.75, 3.05) is 18.4 Å². The highest BCUT2D eigenvalue weighted by Crippen LogP contribution is 2.33. The van der Waals surface area contributed by atoms with E-state index in [1.54, 1.807) is 12.7 Å². The molecule has 2 fully saturated rings. The second kappa shape index (κ2) is 7.31. The Balaban J connectivity index is 1.40. The van der Waals surface area contributed by atoms with Gasteiger partial charge in [-0.05, 0) is 48.6 Å². The van der Waals surface area contributed by atoms with Crippen LogP contribution in [0.5, 0.6) is 0 Å². The lowest BCUT2D eigenvalue weighted by molar-refractivity contribution is -0.117. The summed E-state index contributed by atoms with van der Waals surface area (Å²) in [6.45, 7) is 1.32. The maximum atomic E-state index is 13.4. The maximum absolute atomic E-state index is 13.4. The summed E-state index contributed by atoms with van der Waals surface area (Å²) in [5.41, 5.74) is 1.18. The maximum Gasteiger partial charge on any atom is 0.255 e. The lowest BCUT2D eigenvalue weighted by Gasteiger charge is -2.32. The van der Waals surface area contributed by atoms with E-state index in [9.17, 15) is 9.59 Å². The van der Waals surface area contributed by atoms with Crippen molar-refractivity contribution >= 4 is 28.3 Å². The molecule has 0 unspecified atom stereocenters. The SMILES string of the molecule is O=C(Nc1cc2ccccc2cc1C(=O)N1CCC(n2cncn2)CC1)C1CC1. The summed E-state index contributed by atoms with van der Waals surface area (Å²) in [7, 11) is 0. The summed E-state index contributed by atoms with van der Waals surface area (Å²) < 4.78 is 1.87. The molecule has 7 nitrogen and oxygen atoms in total. The smallest absolute Gasteiger partial charge is 0.255 e. The van der Waals surface area contributed by atoms with Gasteiger partial charge in [-0.2, -0.15) is 5.10 Å². The van der Waals surface area contributed by atoms with E-state index in [-0.39, 0.29) is 23.8 Å². The fraction of sp³-hybridized carbons (Fsp3) is 0.364. The number of aromatic nitrogens is 3. The molecule has 1 aliphatic heterocycles. The summed E-state index contributed by atoms with van der Waals surface area (Å²) in [5, 5.41) is 9.24. The van der Waals surface area contributed by atoms with Gasteiger partial charge in [0.05, 0.1) is 17.3 Å². The van der Waals surface area contributed by atoms with E-state index >= 15 is 0 Å². The predicted molar refractivity (Wildman–Crippen MR) is 109 cm³/mol. The largest absolute Gasteiger partial charge is 0.338 e. The summed E-state index contributed by atoms with van der Waals surface area (Å²) >= 11 is 0. The quantitative estimate of drug-likeness (QED) is 0.743. The van der Waals surface area contributed by atoms with Gasteiger partial charge in [0, 0.05) is 19.0 Å². The van der Waals surface area contributed by atoms with Crippen molar-refractivity contribution in [1.29, 1.82) is 0 Å². The van der Waals surface area contributed by atoms with Gasteiger partial charge in [-0.25, -0.2) is 9.67 Å². The van der Waals surface area contributed by atoms with Crippen molar-refractivity contribution in [2.45, 2.75) is 31.7 Å². The van der Waals surface area contributed by atoms with Crippen LogP contribution in [-0.2, 0) is 4.79 Å². The number of fused-ring (bicyclic) bond motifs is 1. The number of benzene rings is 2. The van der Waals surface area contributed by atoms with Crippen molar-refractivity contribution in [1.82, 2.24) is 19.7 Å². The minimum Gasteiger partial charge on any atom is -0.338 e. The lowest BCUT2D eigenvalue weighted by Crippen LogP contribution is -2.39. The molecule has 2 aromatic carbocycles. The number of piperidine rings is 1. The molecule has 2 aliphatic rings. The van der Waals surface area contributed by atoms with Crippen LogP contribution in [0.4, 0.5) is 5.69 Å². The van der Waals surface area contributed by atoms with Gasteiger partial charge < -0.3 is 10.2 Å². The summed E-state index contributed by atoms with van der Waals surface area (Å²) in [6.07, 6.45) is 6.81. The van der Waals surface area contributed by atoms with Gasteiger partial charge in [0.25, 0.3) is 5.91 Å². The summed E-state index contributed by atoms with van der Waals surface area (Å²) in [6, 6.07) is 12.0. The van der Waals surface area contributed by atoms with Gasteiger partial charge in [0.2, 0.25) is 5.91 Å². The number of amides is 2. The zero-order valence-corrected chi connectivity index (χ0v) is 16.1. The third-order valence-electron chi connectivity index (χ3n) is 5.88. The van der Waals surface area contributed by atoms with E-state index in [4.69, 9.17) is 0 Å². The Morgan fingerprint density at radius 2 is 1.72 bits per heavy atom. The topological polar surface area (TPSA) is 80.1 Å². The lowest BCUT2D eigenvalue weighted by atomic mass is 10.0. The van der Waals surface area contributed by atoms with Crippen LogP contribution in [0.2, 0.25) is 0 Å². The van der Waals surface area contributed by atoms with E-state index in [1.807, 2.05) is 46.0 Å². The normalized spacial score (nSPS) is 17.4. The molecule has 2 heterocycles. The molecule has 0 bridgehead atoms. The van der Waals surface area contributed by atoms with E-state index in [0.29, 0.717) is 24.3 Å². The van der Waals surface area contributed by atoms with Crippen molar-refractivity contribution in [3.63, 3.8) is 0 Å². The van der Waals surface area contributed by atoms with Crippen molar-refractivity contribution in [3.05, 3.63) is 54.6 Å². The van der Waals surface area contributed by atoms with Crippen molar-refractivity contribution in [3.8, 4) is 0 Å². The van der Waals surface area contributed by atoms with Gasteiger partial charge in [-0.3, -0.25) is 9.59 Å². The first-order valence-corrected chi connectivity index (χ1v) is 10.2. The first kappa shape index (κ1) is 17.8. The van der Waals surface area contributed by atoms with Crippen LogP contribution in [-0.4, -0.2) is 44.6 Å². The molecule has 148 valence electrons. The molecule has 1 aliphatic carbocycles. The Morgan fingerprint density at radius 1 is 1.00 bits per heavy atom. The second-order valence-corrected chi connectivity index (χ2v) is 7.91. The highest BCUT2D eigenvalue weighted by Gasteiger charge is 2.31. The first-order valence-electron chi connectivity index (χ1n) is 10.2. The van der Waals surface area contributed by atoms with Gasteiger partial charge in [-0.1, -0.05) is 24.3 Å². The zero-order valence-electron chi connectivity index (χ0n) is 16.1. The average Bonchev–Trinajstić information content (AvgIpc) is 3.47. The highest BCUT2D eigenvalue weighted by atomic mass is 16.2. The third-order valence-corrected chi connectivity index (χ3v) is 5.88. The molecule has 0 radical (unpaired) electrons. The minimum atomic E-state index is -0.0288. The molecule has 29 heavy (non-hydrogen) atoms. The van der Waals surface area contributed by atoms with Gasteiger partial charge >= 0.3 is 0 Å². The van der Waals surface area contributed by atoms with Gasteiger partial charge in [0.1, 0.15) is 12.7 Å². The average molecular weight is 389 g/mol. The van der Waals surface area contributed by atoms with E-state index in [1.165, 1.54) is 0 Å². The van der Waals surface area contributed by atoms with Crippen LogP contribution in [0.15, 0.2) is 49.1 Å². The molecule has 3 aromatic rings. The molecule has 0 atom stereocenters. The Bertz CT molecular complexity index is 1050. The molecule has 1 saturated heterocycles. The van der Waals surface area contributed by atoms with Crippen LogP contribution in [0, 0.1) is 5.92 Å². The molecule has 7 heteroatoms. The first-order chi connectivity index (χ1) is 14.2. The van der Waals surface area contributed by atoms with Crippen molar-refractivity contribution < 1.29 is 9.59 Å². The third kappa shape index (κ3) is 3.60. The molecule has 1 N–H and O–H groups in total. The Hall–Kier alpha value is -3.22. The van der Waals surface area contributed by atoms with E-state index in [2.05, 4.69) is 15.4 Å². The van der Waals surface area contributed by atoms with Crippen LogP contribution >= 0.6 is 0 Å². The van der Waals surface area contributed by atoms with Gasteiger partial charge in [-0.15, -0.1) is 0 Å².